The van der Waals surface area contributed by atoms with E-state index in [1.54, 1.807) is 47.3 Å². The summed E-state index contributed by atoms with van der Waals surface area (Å²) in [6.07, 6.45) is 1.94. The predicted molar refractivity (Wildman–Crippen MR) is 105 cm³/mol. The molecular weight excluding hydrogens is 357 g/mol. The van der Waals surface area contributed by atoms with Gasteiger partial charge in [0.15, 0.2) is 5.78 Å². The van der Waals surface area contributed by atoms with Gasteiger partial charge in [-0.15, -0.1) is 0 Å². The summed E-state index contributed by atoms with van der Waals surface area (Å²) in [6, 6.07) is 14.8. The van der Waals surface area contributed by atoms with Crippen LogP contribution in [0.3, 0.4) is 0 Å². The number of benzene rings is 2. The van der Waals surface area contributed by atoms with E-state index in [0.29, 0.717) is 11.3 Å². The number of amides is 1. The van der Waals surface area contributed by atoms with Gasteiger partial charge in [0.25, 0.3) is 0 Å². The van der Waals surface area contributed by atoms with E-state index >= 15 is 0 Å². The first-order valence-corrected chi connectivity index (χ1v) is 9.14. The van der Waals surface area contributed by atoms with Gasteiger partial charge in [0.1, 0.15) is 5.82 Å². The number of nitrogens with zero attached hydrogens (tertiary/aromatic N) is 2. The highest BCUT2D eigenvalue weighted by Crippen LogP contribution is 2.20. The molecule has 0 aliphatic carbocycles. The molecule has 1 amide bonds. The summed E-state index contributed by atoms with van der Waals surface area (Å²) >= 11 is 0. The van der Waals surface area contributed by atoms with Crippen LogP contribution in [0, 0.1) is 12.7 Å². The standard InChI is InChI=1S/C22H22FN3O2/c1-15(25-22(28)12-11-21(27)17-7-4-3-5-8-17)20-14-24-26(16(20)2)19-10-6-9-18(23)13-19/h3-10,13-15H,11-12H2,1-2H3,(H,25,28). The van der Waals surface area contributed by atoms with Gasteiger partial charge >= 0.3 is 0 Å². The average molecular weight is 379 g/mol. The molecule has 0 saturated heterocycles. The number of ketones is 1. The van der Waals surface area contributed by atoms with Crippen LogP contribution < -0.4 is 5.32 Å². The van der Waals surface area contributed by atoms with Gasteiger partial charge in [-0.3, -0.25) is 9.59 Å². The van der Waals surface area contributed by atoms with Crippen LogP contribution in [0.2, 0.25) is 0 Å². The van der Waals surface area contributed by atoms with Crippen molar-refractivity contribution in [3.8, 4) is 5.69 Å². The Hall–Kier alpha value is -3.28. The Balaban J connectivity index is 1.61. The molecule has 6 heteroatoms. The highest BCUT2D eigenvalue weighted by Gasteiger charge is 2.17. The van der Waals surface area contributed by atoms with E-state index in [9.17, 15) is 14.0 Å². The fraction of sp³-hybridized carbons (Fsp3) is 0.227. The molecule has 0 fully saturated rings. The quantitative estimate of drug-likeness (QED) is 0.627. The van der Waals surface area contributed by atoms with Crippen molar-refractivity contribution >= 4 is 11.7 Å². The summed E-state index contributed by atoms with van der Waals surface area (Å²) in [7, 11) is 0. The average Bonchev–Trinajstić information content (AvgIpc) is 3.08. The third kappa shape index (κ3) is 4.52. The molecule has 0 aliphatic heterocycles. The van der Waals surface area contributed by atoms with E-state index in [1.165, 1.54) is 12.1 Å². The van der Waals surface area contributed by atoms with E-state index in [2.05, 4.69) is 10.4 Å². The van der Waals surface area contributed by atoms with Crippen molar-refractivity contribution in [2.75, 3.05) is 0 Å². The lowest BCUT2D eigenvalue weighted by Gasteiger charge is -2.14. The molecule has 0 saturated carbocycles. The van der Waals surface area contributed by atoms with Crippen molar-refractivity contribution in [3.05, 3.63) is 83.4 Å². The van der Waals surface area contributed by atoms with Gasteiger partial charge in [-0.25, -0.2) is 9.07 Å². The Morgan fingerprint density at radius 3 is 2.57 bits per heavy atom. The normalized spacial score (nSPS) is 11.8. The number of halogens is 1. The van der Waals surface area contributed by atoms with E-state index in [1.807, 2.05) is 19.9 Å². The van der Waals surface area contributed by atoms with Crippen molar-refractivity contribution in [2.45, 2.75) is 32.7 Å². The molecule has 1 unspecified atom stereocenters. The van der Waals surface area contributed by atoms with Gasteiger partial charge in [0.2, 0.25) is 5.91 Å². The number of carbonyl (C=O) groups is 2. The first-order chi connectivity index (χ1) is 13.5. The molecule has 0 radical (unpaired) electrons. The molecule has 144 valence electrons. The summed E-state index contributed by atoms with van der Waals surface area (Å²) in [4.78, 5) is 24.4. The number of carbonyl (C=O) groups excluding carboxylic acids is 2. The number of aromatic nitrogens is 2. The minimum absolute atomic E-state index is 0.0569. The molecule has 2 aromatic carbocycles. The summed E-state index contributed by atoms with van der Waals surface area (Å²) in [5.41, 5.74) is 2.89. The second-order valence-electron chi connectivity index (χ2n) is 6.66. The Morgan fingerprint density at radius 1 is 1.11 bits per heavy atom. The number of nitrogens with one attached hydrogen (secondary N) is 1. The van der Waals surface area contributed by atoms with E-state index in [4.69, 9.17) is 0 Å². The van der Waals surface area contributed by atoms with Gasteiger partial charge in [-0.1, -0.05) is 36.4 Å². The largest absolute Gasteiger partial charge is 0.349 e. The van der Waals surface area contributed by atoms with Crippen molar-refractivity contribution in [1.82, 2.24) is 15.1 Å². The summed E-state index contributed by atoms with van der Waals surface area (Å²) in [5.74, 6) is -0.591. The van der Waals surface area contributed by atoms with Crippen LogP contribution >= 0.6 is 0 Å². The molecule has 1 heterocycles. The molecule has 1 aromatic heterocycles. The molecule has 0 spiro atoms. The monoisotopic (exact) mass is 379 g/mol. The number of hydrogen-bond donors (Lipinski definition) is 1. The van der Waals surface area contributed by atoms with Crippen molar-refractivity contribution in [3.63, 3.8) is 0 Å². The lowest BCUT2D eigenvalue weighted by molar-refractivity contribution is -0.121. The Kier molecular flexibility index (Phi) is 5.99. The van der Waals surface area contributed by atoms with Crippen LogP contribution in [0.5, 0.6) is 0 Å². The molecule has 1 N–H and O–H groups in total. The summed E-state index contributed by atoms with van der Waals surface area (Å²) < 4.78 is 15.1. The maximum atomic E-state index is 13.5. The third-order valence-corrected chi connectivity index (χ3v) is 4.62. The lowest BCUT2D eigenvalue weighted by atomic mass is 10.1. The molecule has 5 nitrogen and oxygen atoms in total. The summed E-state index contributed by atoms with van der Waals surface area (Å²) in [6.45, 7) is 3.73. The Morgan fingerprint density at radius 2 is 1.86 bits per heavy atom. The minimum Gasteiger partial charge on any atom is -0.349 e. The molecular formula is C22H22FN3O2. The SMILES string of the molecule is Cc1c(C(C)NC(=O)CCC(=O)c2ccccc2)cnn1-c1cccc(F)c1. The molecule has 0 aliphatic rings. The smallest absolute Gasteiger partial charge is 0.220 e. The first kappa shape index (κ1) is 19.5. The fourth-order valence-corrected chi connectivity index (χ4v) is 3.10. The van der Waals surface area contributed by atoms with E-state index in [0.717, 1.165) is 11.3 Å². The van der Waals surface area contributed by atoms with Gasteiger partial charge < -0.3 is 5.32 Å². The third-order valence-electron chi connectivity index (χ3n) is 4.62. The van der Waals surface area contributed by atoms with Crippen LogP contribution in [-0.4, -0.2) is 21.5 Å². The lowest BCUT2D eigenvalue weighted by Crippen LogP contribution is -2.27. The maximum Gasteiger partial charge on any atom is 0.220 e. The van der Waals surface area contributed by atoms with Crippen LogP contribution in [0.4, 0.5) is 4.39 Å². The van der Waals surface area contributed by atoms with Crippen LogP contribution in [0.1, 0.15) is 47.4 Å². The molecule has 1 atom stereocenters. The van der Waals surface area contributed by atoms with Crippen LogP contribution in [0.15, 0.2) is 60.8 Å². The van der Waals surface area contributed by atoms with Crippen molar-refractivity contribution in [1.29, 1.82) is 0 Å². The van der Waals surface area contributed by atoms with Crippen molar-refractivity contribution < 1.29 is 14.0 Å². The predicted octanol–water partition coefficient (Wildman–Crippen LogP) is 4.16. The van der Waals surface area contributed by atoms with Crippen LogP contribution in [-0.2, 0) is 4.79 Å². The molecule has 28 heavy (non-hydrogen) atoms. The zero-order chi connectivity index (χ0) is 20.1. The second kappa shape index (κ2) is 8.61. The zero-order valence-electron chi connectivity index (χ0n) is 15.9. The number of Topliss-reactive ketones (excluding diaryl/α,β-unsaturated/α-hetero) is 1. The van der Waals surface area contributed by atoms with Gasteiger partial charge in [0, 0.05) is 29.7 Å². The molecule has 0 bridgehead atoms. The van der Waals surface area contributed by atoms with Gasteiger partial charge in [0.05, 0.1) is 17.9 Å². The number of rotatable bonds is 7. The van der Waals surface area contributed by atoms with Crippen molar-refractivity contribution in [2.24, 2.45) is 0 Å². The second-order valence-corrected chi connectivity index (χ2v) is 6.66. The van der Waals surface area contributed by atoms with E-state index in [-0.39, 0.29) is 36.4 Å². The van der Waals surface area contributed by atoms with E-state index < -0.39 is 0 Å². The zero-order valence-corrected chi connectivity index (χ0v) is 15.9. The first-order valence-electron chi connectivity index (χ1n) is 9.14. The Bertz CT molecular complexity index is 982. The van der Waals surface area contributed by atoms with Gasteiger partial charge in [-0.2, -0.15) is 5.10 Å². The molecule has 3 rings (SSSR count). The highest BCUT2D eigenvalue weighted by molar-refractivity contribution is 5.97. The Labute approximate surface area is 163 Å². The highest BCUT2D eigenvalue weighted by atomic mass is 19.1. The summed E-state index contributed by atoms with van der Waals surface area (Å²) in [5, 5.41) is 7.22. The molecule has 3 aromatic rings. The van der Waals surface area contributed by atoms with Crippen LogP contribution in [0.25, 0.3) is 5.69 Å². The fourth-order valence-electron chi connectivity index (χ4n) is 3.10. The maximum absolute atomic E-state index is 13.5. The van der Waals surface area contributed by atoms with Gasteiger partial charge in [-0.05, 0) is 32.0 Å². The minimum atomic E-state index is -0.335. The number of hydrogen-bond acceptors (Lipinski definition) is 3. The topological polar surface area (TPSA) is 64.0 Å².